The highest BCUT2D eigenvalue weighted by Crippen LogP contribution is 2.28. The molecule has 3 N–H and O–H groups in total. The van der Waals surface area contributed by atoms with E-state index in [0.29, 0.717) is 12.0 Å². The lowest BCUT2D eigenvalue weighted by atomic mass is 9.96. The van der Waals surface area contributed by atoms with Gasteiger partial charge in [0.2, 0.25) is 0 Å². The van der Waals surface area contributed by atoms with E-state index in [4.69, 9.17) is 10.2 Å². The van der Waals surface area contributed by atoms with Gasteiger partial charge in [-0.15, -0.1) is 0 Å². The number of carbonyl (C=O) groups is 1. The Labute approximate surface area is 70.1 Å². The average molecular weight is 172 g/mol. The number of carboxylic acids is 1. The third-order valence-corrected chi connectivity index (χ3v) is 2.14. The van der Waals surface area contributed by atoms with Gasteiger partial charge in [0.05, 0.1) is 19.1 Å². The molecule has 0 aliphatic heterocycles. The minimum absolute atomic E-state index is 0.104. The molecule has 68 valence electrons. The Kier molecular flexibility index (Phi) is 2.83. The Morgan fingerprint density at radius 2 is 2.33 bits per heavy atom. The molecule has 12 heavy (non-hydrogen) atoms. The van der Waals surface area contributed by atoms with Gasteiger partial charge in [-0.05, 0) is 12.0 Å². The van der Waals surface area contributed by atoms with Gasteiger partial charge >= 0.3 is 5.97 Å². The molecule has 0 spiro atoms. The van der Waals surface area contributed by atoms with E-state index >= 15 is 0 Å². The van der Waals surface area contributed by atoms with Gasteiger partial charge in [0.25, 0.3) is 0 Å². The van der Waals surface area contributed by atoms with Crippen LogP contribution in [0.25, 0.3) is 0 Å². The molecule has 0 heterocycles. The van der Waals surface area contributed by atoms with Crippen molar-refractivity contribution in [2.45, 2.75) is 18.9 Å². The van der Waals surface area contributed by atoms with Gasteiger partial charge in [0.1, 0.15) is 0 Å². The number of rotatable bonds is 3. The van der Waals surface area contributed by atoms with Crippen LogP contribution in [-0.2, 0) is 4.79 Å². The van der Waals surface area contributed by atoms with Crippen LogP contribution in [0.15, 0.2) is 11.6 Å². The molecule has 4 nitrogen and oxygen atoms in total. The van der Waals surface area contributed by atoms with E-state index in [1.54, 1.807) is 6.08 Å². The lowest BCUT2D eigenvalue weighted by Gasteiger charge is -2.14. The summed E-state index contributed by atoms with van der Waals surface area (Å²) in [5.74, 6) is -1.34. The van der Waals surface area contributed by atoms with Crippen LogP contribution in [0.1, 0.15) is 12.8 Å². The fourth-order valence-corrected chi connectivity index (χ4v) is 1.47. The Morgan fingerprint density at radius 1 is 1.67 bits per heavy atom. The van der Waals surface area contributed by atoms with Crippen molar-refractivity contribution in [2.75, 3.05) is 6.61 Å². The second-order valence-corrected chi connectivity index (χ2v) is 2.94. The number of aliphatic carboxylic acids is 1. The van der Waals surface area contributed by atoms with Gasteiger partial charge in [0, 0.05) is 5.92 Å². The first kappa shape index (κ1) is 9.22. The fourth-order valence-electron chi connectivity index (χ4n) is 1.47. The molecule has 0 fully saturated rings. The van der Waals surface area contributed by atoms with Crippen LogP contribution in [0.5, 0.6) is 0 Å². The van der Waals surface area contributed by atoms with Gasteiger partial charge in [-0.3, -0.25) is 4.79 Å². The van der Waals surface area contributed by atoms with E-state index in [0.717, 1.165) is 0 Å². The SMILES string of the molecule is O=C(O)C[C@@H]1C(CO)=CC[C@@H]1O. The summed E-state index contributed by atoms with van der Waals surface area (Å²) in [4.78, 5) is 10.3. The summed E-state index contributed by atoms with van der Waals surface area (Å²) in [7, 11) is 0. The van der Waals surface area contributed by atoms with E-state index in [1.165, 1.54) is 0 Å². The predicted octanol–water partition coefficient (Wildman–Crippen LogP) is -0.239. The highest BCUT2D eigenvalue weighted by molar-refractivity contribution is 5.67. The molecule has 1 aliphatic carbocycles. The molecule has 0 amide bonds. The van der Waals surface area contributed by atoms with Crippen molar-refractivity contribution in [2.24, 2.45) is 5.92 Å². The first-order valence-corrected chi connectivity index (χ1v) is 3.84. The van der Waals surface area contributed by atoms with Crippen LogP contribution in [0.3, 0.4) is 0 Å². The lowest BCUT2D eigenvalue weighted by Crippen LogP contribution is -2.21. The number of aliphatic hydroxyl groups excluding tert-OH is 2. The zero-order valence-electron chi connectivity index (χ0n) is 6.60. The van der Waals surface area contributed by atoms with Crippen molar-refractivity contribution in [3.63, 3.8) is 0 Å². The summed E-state index contributed by atoms with van der Waals surface area (Å²) in [6.07, 6.45) is 1.42. The first-order chi connectivity index (χ1) is 5.65. The molecule has 0 bridgehead atoms. The molecule has 4 heteroatoms. The molecule has 1 rings (SSSR count). The smallest absolute Gasteiger partial charge is 0.304 e. The van der Waals surface area contributed by atoms with Crippen LogP contribution in [0, 0.1) is 5.92 Å². The Balaban J connectivity index is 2.60. The maximum Gasteiger partial charge on any atom is 0.304 e. The molecular weight excluding hydrogens is 160 g/mol. The Hall–Kier alpha value is -0.870. The van der Waals surface area contributed by atoms with E-state index in [-0.39, 0.29) is 13.0 Å². The lowest BCUT2D eigenvalue weighted by molar-refractivity contribution is -0.138. The van der Waals surface area contributed by atoms with E-state index in [1.807, 2.05) is 0 Å². The van der Waals surface area contributed by atoms with E-state index in [2.05, 4.69) is 0 Å². The van der Waals surface area contributed by atoms with Crippen LogP contribution in [-0.4, -0.2) is 34.0 Å². The third-order valence-electron chi connectivity index (χ3n) is 2.14. The predicted molar refractivity (Wildman–Crippen MR) is 41.5 cm³/mol. The van der Waals surface area contributed by atoms with Crippen molar-refractivity contribution in [3.05, 3.63) is 11.6 Å². The van der Waals surface area contributed by atoms with Gasteiger partial charge < -0.3 is 15.3 Å². The summed E-state index contributed by atoms with van der Waals surface area (Å²) in [5.41, 5.74) is 0.643. The van der Waals surface area contributed by atoms with Crippen molar-refractivity contribution < 1.29 is 20.1 Å². The minimum atomic E-state index is -0.944. The third kappa shape index (κ3) is 1.84. The number of hydrogen-bond acceptors (Lipinski definition) is 3. The van der Waals surface area contributed by atoms with E-state index < -0.39 is 18.0 Å². The van der Waals surface area contributed by atoms with Crippen LogP contribution >= 0.6 is 0 Å². The monoisotopic (exact) mass is 172 g/mol. The maximum absolute atomic E-state index is 10.3. The van der Waals surface area contributed by atoms with Gasteiger partial charge in [0.15, 0.2) is 0 Å². The standard InChI is InChI=1S/C8H12O4/c9-4-5-1-2-7(10)6(5)3-8(11)12/h1,6-7,9-10H,2-4H2,(H,11,12)/t6-,7+/m1/s1. The molecule has 0 aromatic rings. The summed E-state index contributed by atoms with van der Waals surface area (Å²) < 4.78 is 0. The molecule has 1 aliphatic rings. The maximum atomic E-state index is 10.3. The quantitative estimate of drug-likeness (QED) is 0.513. The first-order valence-electron chi connectivity index (χ1n) is 3.84. The largest absolute Gasteiger partial charge is 0.481 e. The molecular formula is C8H12O4. The number of aliphatic hydroxyl groups is 2. The van der Waals surface area contributed by atoms with Crippen molar-refractivity contribution in [3.8, 4) is 0 Å². The van der Waals surface area contributed by atoms with Crippen LogP contribution in [0.2, 0.25) is 0 Å². The molecule has 0 aromatic carbocycles. The summed E-state index contributed by atoms with van der Waals surface area (Å²) in [6.45, 7) is -0.158. The summed E-state index contributed by atoms with van der Waals surface area (Å²) >= 11 is 0. The molecule has 0 unspecified atom stereocenters. The molecule has 2 atom stereocenters. The van der Waals surface area contributed by atoms with Gasteiger partial charge in [-0.1, -0.05) is 6.08 Å². The summed E-state index contributed by atoms with van der Waals surface area (Å²) in [6, 6.07) is 0. The number of carboxylic acid groups (broad SMARTS) is 1. The molecule has 0 aromatic heterocycles. The van der Waals surface area contributed by atoms with Crippen LogP contribution < -0.4 is 0 Å². The molecule has 0 saturated carbocycles. The van der Waals surface area contributed by atoms with E-state index in [9.17, 15) is 9.90 Å². The summed E-state index contributed by atoms with van der Waals surface area (Å²) in [5, 5.41) is 26.6. The van der Waals surface area contributed by atoms with Crippen molar-refractivity contribution in [1.82, 2.24) is 0 Å². The highest BCUT2D eigenvalue weighted by Gasteiger charge is 2.29. The van der Waals surface area contributed by atoms with Gasteiger partial charge in [-0.2, -0.15) is 0 Å². The number of hydrogen-bond donors (Lipinski definition) is 3. The molecule has 0 saturated heterocycles. The topological polar surface area (TPSA) is 77.8 Å². The van der Waals surface area contributed by atoms with Gasteiger partial charge in [-0.25, -0.2) is 0 Å². The second kappa shape index (κ2) is 3.69. The second-order valence-electron chi connectivity index (χ2n) is 2.94. The fraction of sp³-hybridized carbons (Fsp3) is 0.625. The average Bonchev–Trinajstić information content (AvgIpc) is 2.32. The Bertz CT molecular complexity index is 209. The van der Waals surface area contributed by atoms with Crippen molar-refractivity contribution >= 4 is 5.97 Å². The zero-order chi connectivity index (χ0) is 9.14. The minimum Gasteiger partial charge on any atom is -0.481 e. The van der Waals surface area contributed by atoms with Crippen LogP contribution in [0.4, 0.5) is 0 Å². The highest BCUT2D eigenvalue weighted by atomic mass is 16.4. The normalized spacial score (nSPS) is 28.7. The zero-order valence-corrected chi connectivity index (χ0v) is 6.60. The molecule has 0 radical (unpaired) electrons. The van der Waals surface area contributed by atoms with Crippen molar-refractivity contribution in [1.29, 1.82) is 0 Å². The Morgan fingerprint density at radius 3 is 2.83 bits per heavy atom.